The Hall–Kier alpha value is -11.2. The summed E-state index contributed by atoms with van der Waals surface area (Å²) in [5, 5.41) is 201. The molecule has 0 amide bonds. The van der Waals surface area contributed by atoms with Gasteiger partial charge in [-0.05, 0) is 24.3 Å². The van der Waals surface area contributed by atoms with Crippen LogP contribution in [0.5, 0.6) is 92.0 Å². The van der Waals surface area contributed by atoms with Crippen molar-refractivity contribution in [1.82, 2.24) is 0 Å². The van der Waals surface area contributed by atoms with E-state index in [1.54, 1.807) is 0 Å². The first-order chi connectivity index (χ1) is 42.7. The fraction of sp³-hybridized carbons (Fsp3) is 0.296. The molecule has 5 aromatic rings. The number of aromatic hydroxyl groups is 13. The minimum absolute atomic E-state index is 0.223. The number of ketones is 1. The van der Waals surface area contributed by atoms with Crippen molar-refractivity contribution in [3.63, 3.8) is 0 Å². The number of carbonyl (C=O) groups excluding carboxylic acids is 7. The summed E-state index contributed by atoms with van der Waals surface area (Å²) in [4.78, 5) is 118. The summed E-state index contributed by atoms with van der Waals surface area (Å²) in [5.74, 6) is -54.0. The molecule has 1 saturated carbocycles. The second kappa shape index (κ2) is 18.9. The third-order valence-corrected chi connectivity index (χ3v) is 16.8. The fourth-order valence-electron chi connectivity index (χ4n) is 12.7. The molecule has 5 aromatic carbocycles. The number of esters is 6. The number of carbonyl (C=O) groups is 8. The van der Waals surface area contributed by atoms with Crippen LogP contribution in [0.25, 0.3) is 11.1 Å². The van der Waals surface area contributed by atoms with Gasteiger partial charge in [0.2, 0.25) is 52.5 Å². The van der Waals surface area contributed by atoms with Crippen LogP contribution in [0.15, 0.2) is 36.4 Å². The molecule has 13 atom stereocenters. The molecule has 1 aliphatic carbocycles. The molecule has 2 spiro atoms. The number of ether oxygens (including phenoxy) is 11. The Morgan fingerprint density at radius 3 is 1.82 bits per heavy atom. The van der Waals surface area contributed by atoms with Crippen LogP contribution in [0.1, 0.15) is 69.7 Å². The van der Waals surface area contributed by atoms with Crippen molar-refractivity contribution in [2.24, 2.45) is 5.41 Å². The van der Waals surface area contributed by atoms with Gasteiger partial charge in [-0.15, -0.1) is 0 Å². The Bertz CT molecular complexity index is 4230. The number of benzene rings is 5. The average Bonchev–Trinajstić information content (AvgIpc) is 1.52. The third-order valence-electron chi connectivity index (χ3n) is 16.8. The van der Waals surface area contributed by atoms with E-state index in [-0.39, 0.29) is 6.07 Å². The molecular formula is C54H38O37. The number of rotatable bonds is 5. The van der Waals surface area contributed by atoms with Gasteiger partial charge in [0.15, 0.2) is 87.3 Å². The van der Waals surface area contributed by atoms with Crippen molar-refractivity contribution in [2.75, 3.05) is 13.2 Å². The van der Waals surface area contributed by atoms with E-state index in [0.29, 0.717) is 30.3 Å². The molecule has 6 fully saturated rings. The minimum atomic E-state index is -4.12. The molecule has 6 bridgehead atoms. The van der Waals surface area contributed by atoms with Crippen molar-refractivity contribution in [3.8, 4) is 103 Å². The lowest BCUT2D eigenvalue weighted by Gasteiger charge is -2.64. The zero-order valence-corrected chi connectivity index (χ0v) is 44.5. The number of aliphatic hydroxyl groups excluding tert-OH is 1. The highest BCUT2D eigenvalue weighted by Crippen LogP contribution is 2.76. The van der Waals surface area contributed by atoms with Crippen LogP contribution in [0, 0.1) is 5.41 Å². The zero-order valence-electron chi connectivity index (χ0n) is 44.5. The predicted octanol–water partition coefficient (Wildman–Crippen LogP) is -1.97. The molecular weight excluding hydrogens is 1240 g/mol. The van der Waals surface area contributed by atoms with Crippen LogP contribution in [-0.2, 0) is 57.0 Å². The first-order valence-electron chi connectivity index (χ1n) is 25.9. The Balaban J connectivity index is 1.08. The number of Topliss-reactive ketones (excluding diaryl/α,β-unsaturated/α-hetero) is 1. The molecule has 0 unspecified atom stereocenters. The van der Waals surface area contributed by atoms with Crippen LogP contribution in [0.3, 0.4) is 0 Å². The Morgan fingerprint density at radius 1 is 0.571 bits per heavy atom. The molecule has 8 heterocycles. The average molecular weight is 1280 g/mol. The van der Waals surface area contributed by atoms with Gasteiger partial charge in [-0.3, -0.25) is 9.59 Å². The lowest BCUT2D eigenvalue weighted by Crippen LogP contribution is -2.88. The van der Waals surface area contributed by atoms with Gasteiger partial charge < -0.3 is 144 Å². The van der Waals surface area contributed by atoms with Gasteiger partial charge in [-0.1, -0.05) is 0 Å². The van der Waals surface area contributed by atoms with Gasteiger partial charge >= 0.3 is 41.8 Å². The number of hydrogen-bond acceptors (Lipinski definition) is 36. The highest BCUT2D eigenvalue weighted by Gasteiger charge is 2.97. The van der Waals surface area contributed by atoms with E-state index in [2.05, 4.69) is 0 Å². The lowest BCUT2D eigenvalue weighted by molar-refractivity contribution is -0.459. The molecule has 14 rings (SSSR count). The summed E-state index contributed by atoms with van der Waals surface area (Å²) < 4.78 is 62.8. The Labute approximate surface area is 498 Å². The second-order valence-corrected chi connectivity index (χ2v) is 21.6. The van der Waals surface area contributed by atoms with Crippen LogP contribution in [-0.4, -0.2) is 219 Å². The fourth-order valence-corrected chi connectivity index (χ4v) is 12.7. The van der Waals surface area contributed by atoms with Crippen LogP contribution in [0.2, 0.25) is 0 Å². The molecule has 8 aliphatic heterocycles. The predicted molar refractivity (Wildman–Crippen MR) is 268 cm³/mol. The Kier molecular flexibility index (Phi) is 12.2. The van der Waals surface area contributed by atoms with Gasteiger partial charge in [0, 0.05) is 35.2 Å². The standard InChI is InChI=1S/C54H38O37/c55-15-1-10(2-16(56)27(15)62)43(72)89-47-39-38-36(87-48(76)50-7-23(61)52(78,91-51(50)49(77)88-41-20(60)8-82-54(41,51)80)53(79)40(50)26-12(45(74)86-39)4-19(59)30(65)37(26)90-53)22(84-47)9-81-44(73)11-3-17(57)28(63)32(67)24(11)25-13(46(75)85-38)6-21(31(66)33(25)68)83-35-14(42(70)71)5-18(58)29(64)34(35)69/h1-6,20,22,36,38-41,47,55-60,62-69,78-80H,7-9H2,(H,70,71)/t20-,22-,36+,38+,39+,40+,41+,47-,50-,51+,52+,53+,54-/m0/s1. The lowest BCUT2D eigenvalue weighted by atomic mass is 9.47. The van der Waals surface area contributed by atoms with Crippen molar-refractivity contribution in [1.29, 1.82) is 0 Å². The van der Waals surface area contributed by atoms with Crippen LogP contribution >= 0.6 is 0 Å². The zero-order chi connectivity index (χ0) is 65.7. The Morgan fingerprint density at radius 2 is 1.15 bits per heavy atom. The van der Waals surface area contributed by atoms with E-state index in [1.807, 2.05) is 0 Å². The summed E-state index contributed by atoms with van der Waals surface area (Å²) in [5.41, 5.74) is -17.8. The molecule has 5 saturated heterocycles. The second-order valence-electron chi connectivity index (χ2n) is 21.6. The first kappa shape index (κ1) is 58.8. The number of aliphatic hydroxyl groups is 4. The van der Waals surface area contributed by atoms with Gasteiger partial charge in [0.25, 0.3) is 11.6 Å². The SMILES string of the molecule is O=C(O[C@@H]1O[C@H]2COC(=O)c3cc(O)c(O)c(O)c3-c3c(cc(Oc4c(C(=O)O)cc(O)c(O)c4O)c(O)c3O)C(=O)O[C@H]3[C@H]1OC(=O)c1cc(O)c(O)c4c1[C@H]1[C@@](O)(O4)[C@]4(O)O[C@]5(C(=O)O[C@@H]6[C@@H](O)CO[C@@]65O)[C@]1(CC4=O)C(=O)O[C@@H]32)c1cc(O)c(O)c(O)c1. The summed E-state index contributed by atoms with van der Waals surface area (Å²) in [6, 6.07) is 2.07. The first-order valence-corrected chi connectivity index (χ1v) is 25.9. The van der Waals surface area contributed by atoms with Crippen LogP contribution < -0.4 is 9.47 Å². The summed E-state index contributed by atoms with van der Waals surface area (Å²) >= 11 is 0. The number of fused-ring (bicyclic) bond motifs is 5. The maximum Gasteiger partial charge on any atom is 0.346 e. The maximum absolute atomic E-state index is 16.4. The number of cyclic esters (lactones) is 1. The van der Waals surface area contributed by atoms with Crippen molar-refractivity contribution in [2.45, 2.75) is 78.2 Å². The van der Waals surface area contributed by atoms with E-state index < -0.39 is 281 Å². The van der Waals surface area contributed by atoms with Crippen molar-refractivity contribution >= 4 is 47.6 Å². The van der Waals surface area contributed by atoms with Gasteiger partial charge in [0.05, 0.1) is 34.8 Å². The van der Waals surface area contributed by atoms with Crippen molar-refractivity contribution in [3.05, 3.63) is 69.8 Å². The number of phenols is 13. The topological polar surface area (TPSA) is 602 Å². The monoisotopic (exact) mass is 1280 g/mol. The van der Waals surface area contributed by atoms with E-state index >= 15 is 14.4 Å². The van der Waals surface area contributed by atoms with E-state index in [1.165, 1.54) is 0 Å². The number of hydrogen-bond donors (Lipinski definition) is 18. The molecule has 91 heavy (non-hydrogen) atoms. The highest BCUT2D eigenvalue weighted by atomic mass is 16.8. The molecule has 0 aromatic heterocycles. The van der Waals surface area contributed by atoms with E-state index in [9.17, 15) is 116 Å². The third kappa shape index (κ3) is 7.38. The highest BCUT2D eigenvalue weighted by molar-refractivity contribution is 6.09. The maximum atomic E-state index is 16.4. The molecule has 476 valence electrons. The van der Waals surface area contributed by atoms with E-state index in [4.69, 9.17) is 52.1 Å². The molecule has 18 N–H and O–H groups in total. The van der Waals surface area contributed by atoms with Crippen LogP contribution in [0.4, 0.5) is 0 Å². The largest absolute Gasteiger partial charge is 0.504 e. The summed E-state index contributed by atoms with van der Waals surface area (Å²) in [6.45, 7) is -2.61. The van der Waals surface area contributed by atoms with Gasteiger partial charge in [-0.25, -0.2) is 28.8 Å². The quantitative estimate of drug-likeness (QED) is 0.0516. The molecule has 0 radical (unpaired) electrons. The molecule has 37 nitrogen and oxygen atoms in total. The van der Waals surface area contributed by atoms with Gasteiger partial charge in [-0.2, -0.15) is 0 Å². The number of aromatic carboxylic acids is 1. The van der Waals surface area contributed by atoms with E-state index in [0.717, 1.165) is 0 Å². The number of carboxylic acid groups (broad SMARTS) is 1. The van der Waals surface area contributed by atoms with Gasteiger partial charge in [0.1, 0.15) is 29.8 Å². The molecule has 9 aliphatic rings. The molecule has 37 heteroatoms. The number of phenolic OH excluding ortho intramolecular Hbond substituents is 13. The minimum Gasteiger partial charge on any atom is -0.504 e. The summed E-state index contributed by atoms with van der Waals surface area (Å²) in [6.07, 6.45) is -20.5. The smallest absolute Gasteiger partial charge is 0.346 e. The summed E-state index contributed by atoms with van der Waals surface area (Å²) in [7, 11) is 0. The van der Waals surface area contributed by atoms with Crippen molar-refractivity contribution < 1.29 is 182 Å². The number of carboxylic acids is 1. The normalized spacial score (nSPS) is 31.5.